The van der Waals surface area contributed by atoms with Crippen molar-refractivity contribution in [2.24, 2.45) is 5.92 Å². The van der Waals surface area contributed by atoms with E-state index in [0.717, 1.165) is 25.9 Å². The van der Waals surface area contributed by atoms with Crippen LogP contribution in [0.4, 0.5) is 0 Å². The third-order valence-electron chi connectivity index (χ3n) is 2.22. The molecule has 10 heavy (non-hydrogen) atoms. The Balaban J connectivity index is 2.45. The molecule has 1 rings (SSSR count). The molecule has 0 N–H and O–H groups in total. The van der Waals surface area contributed by atoms with Crippen molar-refractivity contribution < 1.29 is 4.79 Å². The van der Waals surface area contributed by atoms with Gasteiger partial charge >= 0.3 is 0 Å². The molecule has 0 spiro atoms. The standard InChI is InChI=1S/C8H15NO/c1-3-7-6-9(2)5-4-8(7)10/h7H,3-6H2,1-2H3. The highest BCUT2D eigenvalue weighted by molar-refractivity contribution is 5.82. The van der Waals surface area contributed by atoms with E-state index < -0.39 is 0 Å². The van der Waals surface area contributed by atoms with Crippen LogP contribution in [0.3, 0.4) is 0 Å². The summed E-state index contributed by atoms with van der Waals surface area (Å²) >= 11 is 0. The van der Waals surface area contributed by atoms with E-state index in [1.54, 1.807) is 0 Å². The lowest BCUT2D eigenvalue weighted by molar-refractivity contribution is -0.125. The summed E-state index contributed by atoms with van der Waals surface area (Å²) in [5.41, 5.74) is 0. The molecule has 1 heterocycles. The molecule has 2 heteroatoms. The number of likely N-dealkylation sites (tertiary alicyclic amines) is 1. The molecule has 1 aliphatic heterocycles. The number of rotatable bonds is 1. The Hall–Kier alpha value is -0.370. The zero-order chi connectivity index (χ0) is 7.56. The SMILES string of the molecule is CCC1CN(C)CCC1=O. The second kappa shape index (κ2) is 3.15. The predicted octanol–water partition coefficient (Wildman–Crippen LogP) is 0.917. The van der Waals surface area contributed by atoms with Gasteiger partial charge in [-0.15, -0.1) is 0 Å². The van der Waals surface area contributed by atoms with Crippen molar-refractivity contribution in [2.45, 2.75) is 19.8 Å². The first-order valence-electron chi connectivity index (χ1n) is 3.95. The van der Waals surface area contributed by atoms with Crippen molar-refractivity contribution in [2.75, 3.05) is 20.1 Å². The number of hydrogen-bond acceptors (Lipinski definition) is 2. The van der Waals surface area contributed by atoms with Crippen LogP contribution >= 0.6 is 0 Å². The van der Waals surface area contributed by atoms with Crippen LogP contribution in [0.25, 0.3) is 0 Å². The van der Waals surface area contributed by atoms with Crippen molar-refractivity contribution in [1.82, 2.24) is 4.90 Å². The van der Waals surface area contributed by atoms with E-state index in [0.29, 0.717) is 11.7 Å². The van der Waals surface area contributed by atoms with E-state index in [1.807, 2.05) is 0 Å². The molecule has 58 valence electrons. The highest BCUT2D eigenvalue weighted by atomic mass is 16.1. The fourth-order valence-corrected chi connectivity index (χ4v) is 1.43. The smallest absolute Gasteiger partial charge is 0.138 e. The van der Waals surface area contributed by atoms with Crippen LogP contribution in [0.5, 0.6) is 0 Å². The van der Waals surface area contributed by atoms with Crippen molar-refractivity contribution in [1.29, 1.82) is 0 Å². The molecule has 0 amide bonds. The Kier molecular flexibility index (Phi) is 2.44. The van der Waals surface area contributed by atoms with E-state index >= 15 is 0 Å². The van der Waals surface area contributed by atoms with Gasteiger partial charge in [-0.25, -0.2) is 0 Å². The number of ketones is 1. The average Bonchev–Trinajstić information content (AvgIpc) is 1.94. The Morgan fingerprint density at radius 1 is 1.70 bits per heavy atom. The van der Waals surface area contributed by atoms with Gasteiger partial charge in [0.2, 0.25) is 0 Å². The monoisotopic (exact) mass is 141 g/mol. The molecule has 1 aliphatic rings. The van der Waals surface area contributed by atoms with Crippen LogP contribution in [0.15, 0.2) is 0 Å². The lowest BCUT2D eigenvalue weighted by Crippen LogP contribution is -2.37. The highest BCUT2D eigenvalue weighted by Crippen LogP contribution is 2.13. The van der Waals surface area contributed by atoms with Gasteiger partial charge in [-0.05, 0) is 13.5 Å². The van der Waals surface area contributed by atoms with Gasteiger partial charge in [0, 0.05) is 25.4 Å². The number of piperidine rings is 1. The molecule has 0 aliphatic carbocycles. The maximum absolute atomic E-state index is 11.1. The van der Waals surface area contributed by atoms with E-state index in [9.17, 15) is 4.79 Å². The quantitative estimate of drug-likeness (QED) is 0.541. The topological polar surface area (TPSA) is 20.3 Å². The van der Waals surface area contributed by atoms with Gasteiger partial charge in [0.25, 0.3) is 0 Å². The number of Topliss-reactive ketones (excluding diaryl/α,β-unsaturated/α-hetero) is 1. The Bertz CT molecular complexity index is 133. The van der Waals surface area contributed by atoms with Gasteiger partial charge in [0.05, 0.1) is 0 Å². The minimum absolute atomic E-state index is 0.318. The van der Waals surface area contributed by atoms with Gasteiger partial charge in [0.1, 0.15) is 5.78 Å². The summed E-state index contributed by atoms with van der Waals surface area (Å²) in [4.78, 5) is 13.4. The first-order valence-corrected chi connectivity index (χ1v) is 3.95. The minimum atomic E-state index is 0.318. The summed E-state index contributed by atoms with van der Waals surface area (Å²) in [5, 5.41) is 0. The highest BCUT2D eigenvalue weighted by Gasteiger charge is 2.22. The maximum Gasteiger partial charge on any atom is 0.138 e. The van der Waals surface area contributed by atoms with E-state index in [4.69, 9.17) is 0 Å². The Labute approximate surface area is 62.2 Å². The summed E-state index contributed by atoms with van der Waals surface area (Å²) in [6, 6.07) is 0. The first kappa shape index (κ1) is 7.73. The van der Waals surface area contributed by atoms with Crippen LogP contribution in [-0.2, 0) is 4.79 Å². The van der Waals surface area contributed by atoms with Crippen LogP contribution in [0, 0.1) is 5.92 Å². The summed E-state index contributed by atoms with van der Waals surface area (Å²) in [6.07, 6.45) is 1.76. The predicted molar refractivity (Wildman–Crippen MR) is 40.9 cm³/mol. The van der Waals surface area contributed by atoms with Gasteiger partial charge in [0.15, 0.2) is 0 Å². The number of nitrogens with zero attached hydrogens (tertiary/aromatic N) is 1. The van der Waals surface area contributed by atoms with Crippen molar-refractivity contribution >= 4 is 5.78 Å². The summed E-state index contributed by atoms with van der Waals surface area (Å²) in [7, 11) is 2.08. The van der Waals surface area contributed by atoms with Gasteiger partial charge < -0.3 is 4.90 Å². The fourth-order valence-electron chi connectivity index (χ4n) is 1.43. The van der Waals surface area contributed by atoms with E-state index in [1.165, 1.54) is 0 Å². The molecule has 0 saturated carbocycles. The van der Waals surface area contributed by atoms with Crippen LogP contribution in [-0.4, -0.2) is 30.8 Å². The molecule has 1 fully saturated rings. The second-order valence-electron chi connectivity index (χ2n) is 3.08. The molecule has 1 saturated heterocycles. The number of carbonyl (C=O) groups is 1. The Morgan fingerprint density at radius 3 is 2.90 bits per heavy atom. The number of carbonyl (C=O) groups excluding carboxylic acids is 1. The zero-order valence-corrected chi connectivity index (χ0v) is 6.76. The summed E-state index contributed by atoms with van der Waals surface area (Å²) in [5.74, 6) is 0.777. The molecular weight excluding hydrogens is 126 g/mol. The molecule has 0 aromatic heterocycles. The van der Waals surface area contributed by atoms with Crippen LogP contribution in [0.1, 0.15) is 19.8 Å². The molecule has 1 unspecified atom stereocenters. The number of hydrogen-bond donors (Lipinski definition) is 0. The van der Waals surface area contributed by atoms with Gasteiger partial charge in [-0.1, -0.05) is 6.92 Å². The van der Waals surface area contributed by atoms with Crippen LogP contribution < -0.4 is 0 Å². The Morgan fingerprint density at radius 2 is 2.40 bits per heavy atom. The molecule has 0 aromatic rings. The van der Waals surface area contributed by atoms with Crippen molar-refractivity contribution in [3.05, 3.63) is 0 Å². The molecule has 0 aromatic carbocycles. The third kappa shape index (κ3) is 1.57. The van der Waals surface area contributed by atoms with Crippen molar-refractivity contribution in [3.8, 4) is 0 Å². The molecular formula is C8H15NO. The average molecular weight is 141 g/mol. The largest absolute Gasteiger partial charge is 0.305 e. The summed E-state index contributed by atoms with van der Waals surface area (Å²) in [6.45, 7) is 4.01. The second-order valence-corrected chi connectivity index (χ2v) is 3.08. The van der Waals surface area contributed by atoms with E-state index in [-0.39, 0.29) is 0 Å². The third-order valence-corrected chi connectivity index (χ3v) is 2.22. The minimum Gasteiger partial charge on any atom is -0.305 e. The maximum atomic E-state index is 11.1. The molecule has 2 nitrogen and oxygen atoms in total. The molecule has 1 atom stereocenters. The van der Waals surface area contributed by atoms with Crippen LogP contribution in [0.2, 0.25) is 0 Å². The van der Waals surface area contributed by atoms with E-state index in [2.05, 4.69) is 18.9 Å². The van der Waals surface area contributed by atoms with Gasteiger partial charge in [-0.3, -0.25) is 4.79 Å². The fraction of sp³-hybridized carbons (Fsp3) is 0.875. The molecule has 0 radical (unpaired) electrons. The zero-order valence-electron chi connectivity index (χ0n) is 6.76. The van der Waals surface area contributed by atoms with Gasteiger partial charge in [-0.2, -0.15) is 0 Å². The lowest BCUT2D eigenvalue weighted by Gasteiger charge is -2.27. The normalized spacial score (nSPS) is 29.0. The lowest BCUT2D eigenvalue weighted by atomic mass is 9.95. The first-order chi connectivity index (χ1) is 4.74. The summed E-state index contributed by atoms with van der Waals surface area (Å²) < 4.78 is 0. The van der Waals surface area contributed by atoms with Crippen molar-refractivity contribution in [3.63, 3.8) is 0 Å². The molecule has 0 bridgehead atoms.